The van der Waals surface area contributed by atoms with Crippen LogP contribution in [0.3, 0.4) is 0 Å². The van der Waals surface area contributed by atoms with E-state index in [9.17, 15) is 14.9 Å². The normalized spacial score (nSPS) is 27.2. The van der Waals surface area contributed by atoms with Gasteiger partial charge in [0.25, 0.3) is 5.69 Å². The molecule has 5 nitrogen and oxygen atoms in total. The van der Waals surface area contributed by atoms with Crippen molar-refractivity contribution < 1.29 is 14.5 Å². The van der Waals surface area contributed by atoms with Gasteiger partial charge in [-0.1, -0.05) is 11.6 Å². The number of nitrogens with zero attached hydrogens (tertiary/aromatic N) is 1. The van der Waals surface area contributed by atoms with Crippen molar-refractivity contribution in [3.05, 3.63) is 51.6 Å². The van der Waals surface area contributed by atoms with Gasteiger partial charge in [-0.3, -0.25) is 10.1 Å². The van der Waals surface area contributed by atoms with Gasteiger partial charge in [0.15, 0.2) is 0 Å². The molecule has 23 heavy (non-hydrogen) atoms. The molecule has 1 aromatic rings. The number of non-ortho nitro benzene ring substituents is 1. The highest BCUT2D eigenvalue weighted by atomic mass is 16.6. The van der Waals surface area contributed by atoms with Crippen molar-refractivity contribution in [1.82, 2.24) is 0 Å². The lowest BCUT2D eigenvalue weighted by Crippen LogP contribution is -2.27. The van der Waals surface area contributed by atoms with Crippen LogP contribution in [0.1, 0.15) is 48.9 Å². The Hall–Kier alpha value is -2.17. The molecule has 0 N–H and O–H groups in total. The minimum atomic E-state index is -0.472. The fourth-order valence-corrected chi connectivity index (χ4v) is 4.00. The van der Waals surface area contributed by atoms with Crippen molar-refractivity contribution >= 4 is 11.7 Å². The molecule has 0 aliphatic heterocycles. The second-order valence-electron chi connectivity index (χ2n) is 7.08. The highest BCUT2D eigenvalue weighted by molar-refractivity contribution is 5.89. The molecule has 2 saturated carbocycles. The number of nitro benzene ring substituents is 1. The van der Waals surface area contributed by atoms with E-state index in [-0.39, 0.29) is 17.8 Å². The monoisotopic (exact) mass is 313 g/mol. The highest BCUT2D eigenvalue weighted by Gasteiger charge is 2.49. The molecule has 0 amide bonds. The van der Waals surface area contributed by atoms with Crippen LogP contribution in [0.5, 0.6) is 0 Å². The second kappa shape index (κ2) is 5.18. The Bertz CT molecular complexity index is 687. The minimum absolute atomic E-state index is 0.0180. The van der Waals surface area contributed by atoms with E-state index in [4.69, 9.17) is 4.74 Å². The number of esters is 1. The molecule has 5 heteroatoms. The molecule has 2 unspecified atom stereocenters. The van der Waals surface area contributed by atoms with E-state index in [1.807, 2.05) is 0 Å². The zero-order valence-electron chi connectivity index (χ0n) is 12.9. The maximum atomic E-state index is 12.3. The third-order valence-electron chi connectivity index (χ3n) is 5.62. The molecule has 0 radical (unpaired) electrons. The van der Waals surface area contributed by atoms with Crippen LogP contribution in [0.15, 0.2) is 35.9 Å². The molecule has 1 aromatic carbocycles. The molecular formula is C18H19NO4. The molecule has 0 saturated heterocycles. The molecular weight excluding hydrogens is 294 g/mol. The number of nitro groups is 1. The summed E-state index contributed by atoms with van der Waals surface area (Å²) in [5.41, 5.74) is 2.32. The molecule has 2 fully saturated rings. The number of allylic oxidation sites excluding steroid dienone is 1. The van der Waals surface area contributed by atoms with E-state index in [0.717, 1.165) is 19.3 Å². The number of hydrogen-bond donors (Lipinski definition) is 0. The number of hydrogen-bond acceptors (Lipinski definition) is 4. The first-order chi connectivity index (χ1) is 11.1. The van der Waals surface area contributed by atoms with Crippen molar-refractivity contribution in [2.24, 2.45) is 11.3 Å². The Labute approximate surface area is 134 Å². The lowest BCUT2D eigenvalue weighted by atomic mass is 9.79. The fourth-order valence-electron chi connectivity index (χ4n) is 4.00. The van der Waals surface area contributed by atoms with Crippen LogP contribution < -0.4 is 0 Å². The van der Waals surface area contributed by atoms with Gasteiger partial charge in [0, 0.05) is 18.1 Å². The maximum Gasteiger partial charge on any atom is 0.338 e. The summed E-state index contributed by atoms with van der Waals surface area (Å²) in [7, 11) is 0. The van der Waals surface area contributed by atoms with Crippen LogP contribution >= 0.6 is 0 Å². The van der Waals surface area contributed by atoms with Crippen molar-refractivity contribution in [2.75, 3.05) is 0 Å². The minimum Gasteiger partial charge on any atom is -0.458 e. The molecule has 4 rings (SSSR count). The number of rotatable bonds is 3. The first-order valence-electron chi connectivity index (χ1n) is 8.21. The van der Waals surface area contributed by atoms with Crippen molar-refractivity contribution in [3.8, 4) is 0 Å². The Morgan fingerprint density at radius 3 is 2.65 bits per heavy atom. The van der Waals surface area contributed by atoms with E-state index in [0.29, 0.717) is 16.9 Å². The van der Waals surface area contributed by atoms with Gasteiger partial charge in [-0.15, -0.1) is 0 Å². The number of fused-ring (bicyclic) bond motifs is 1. The van der Waals surface area contributed by atoms with Crippen LogP contribution in [-0.2, 0) is 4.74 Å². The average molecular weight is 313 g/mol. The summed E-state index contributed by atoms with van der Waals surface area (Å²) in [4.78, 5) is 22.5. The fraction of sp³-hybridized carbons (Fsp3) is 0.500. The second-order valence-corrected chi connectivity index (χ2v) is 7.08. The van der Waals surface area contributed by atoms with Gasteiger partial charge in [0.1, 0.15) is 6.10 Å². The summed E-state index contributed by atoms with van der Waals surface area (Å²) in [5, 5.41) is 10.7. The Balaban J connectivity index is 1.45. The summed E-state index contributed by atoms with van der Waals surface area (Å²) in [6.07, 6.45) is 9.21. The average Bonchev–Trinajstić information content (AvgIpc) is 3.19. The smallest absolute Gasteiger partial charge is 0.338 e. The largest absolute Gasteiger partial charge is 0.458 e. The molecule has 3 aliphatic rings. The van der Waals surface area contributed by atoms with Crippen LogP contribution in [0, 0.1) is 21.4 Å². The first kappa shape index (κ1) is 14.4. The lowest BCUT2D eigenvalue weighted by molar-refractivity contribution is -0.384. The summed E-state index contributed by atoms with van der Waals surface area (Å²) >= 11 is 0. The summed E-state index contributed by atoms with van der Waals surface area (Å²) in [6, 6.07) is 5.62. The predicted molar refractivity (Wildman–Crippen MR) is 84.0 cm³/mol. The summed E-state index contributed by atoms with van der Waals surface area (Å²) in [5.74, 6) is 0.00909. The first-order valence-corrected chi connectivity index (χ1v) is 8.21. The molecule has 2 atom stereocenters. The van der Waals surface area contributed by atoms with E-state index in [1.165, 1.54) is 49.1 Å². The zero-order chi connectivity index (χ0) is 16.0. The SMILES string of the molecule is O=C(OC1CCC2=CCC3(CC3)CC21)c1ccc([N+](=O)[O-])cc1. The molecule has 0 aromatic heterocycles. The quantitative estimate of drug-likeness (QED) is 0.365. The predicted octanol–water partition coefficient (Wildman–Crippen LogP) is 4.03. The van der Waals surface area contributed by atoms with Crippen LogP contribution in [-0.4, -0.2) is 17.0 Å². The highest BCUT2D eigenvalue weighted by Crippen LogP contribution is 2.59. The third kappa shape index (κ3) is 2.64. The maximum absolute atomic E-state index is 12.3. The molecule has 0 bridgehead atoms. The van der Waals surface area contributed by atoms with Gasteiger partial charge in [-0.05, 0) is 56.1 Å². The van der Waals surface area contributed by atoms with Crippen molar-refractivity contribution in [3.63, 3.8) is 0 Å². The number of benzene rings is 1. The van der Waals surface area contributed by atoms with Gasteiger partial charge >= 0.3 is 5.97 Å². The Morgan fingerprint density at radius 1 is 1.26 bits per heavy atom. The van der Waals surface area contributed by atoms with E-state index in [2.05, 4.69) is 6.08 Å². The summed E-state index contributed by atoms with van der Waals surface area (Å²) in [6.45, 7) is 0. The Morgan fingerprint density at radius 2 is 2.00 bits per heavy atom. The third-order valence-corrected chi connectivity index (χ3v) is 5.62. The van der Waals surface area contributed by atoms with Gasteiger partial charge in [0.05, 0.1) is 10.5 Å². The van der Waals surface area contributed by atoms with Gasteiger partial charge in [-0.2, -0.15) is 0 Å². The standard InChI is InChI=1S/C18H19NO4/c20-17(13-1-4-14(5-2-13)19(21)22)23-16-6-3-12-7-8-18(9-10-18)11-15(12)16/h1-2,4-5,7,15-16H,3,6,8-11H2. The van der Waals surface area contributed by atoms with Crippen LogP contribution in [0.4, 0.5) is 5.69 Å². The van der Waals surface area contributed by atoms with E-state index >= 15 is 0 Å². The molecule has 0 heterocycles. The number of carbonyl (C=O) groups excluding carboxylic acids is 1. The van der Waals surface area contributed by atoms with Gasteiger partial charge in [0.2, 0.25) is 0 Å². The van der Waals surface area contributed by atoms with E-state index < -0.39 is 4.92 Å². The topological polar surface area (TPSA) is 69.4 Å². The zero-order valence-corrected chi connectivity index (χ0v) is 12.9. The lowest BCUT2D eigenvalue weighted by Gasteiger charge is -2.29. The Kier molecular flexibility index (Phi) is 3.25. The van der Waals surface area contributed by atoms with Crippen molar-refractivity contribution in [1.29, 1.82) is 0 Å². The summed E-state index contributed by atoms with van der Waals surface area (Å²) < 4.78 is 5.74. The molecule has 1 spiro atoms. The van der Waals surface area contributed by atoms with Gasteiger partial charge < -0.3 is 4.74 Å². The number of carbonyl (C=O) groups is 1. The molecule has 120 valence electrons. The van der Waals surface area contributed by atoms with Gasteiger partial charge in [-0.25, -0.2) is 4.79 Å². The molecule has 3 aliphatic carbocycles. The van der Waals surface area contributed by atoms with Crippen LogP contribution in [0.25, 0.3) is 0 Å². The van der Waals surface area contributed by atoms with Crippen LogP contribution in [0.2, 0.25) is 0 Å². The number of ether oxygens (including phenoxy) is 1. The van der Waals surface area contributed by atoms with E-state index in [1.54, 1.807) is 0 Å². The van der Waals surface area contributed by atoms with Crippen molar-refractivity contribution in [2.45, 2.75) is 44.6 Å².